The van der Waals surface area contributed by atoms with Crippen molar-refractivity contribution in [2.24, 2.45) is 0 Å². The molecule has 1 saturated heterocycles. The minimum absolute atomic E-state index is 0.0162. The summed E-state index contributed by atoms with van der Waals surface area (Å²) in [5, 5.41) is 8.89. The van der Waals surface area contributed by atoms with E-state index in [4.69, 9.17) is 14.6 Å². The molecule has 1 fully saturated rings. The highest BCUT2D eigenvalue weighted by molar-refractivity contribution is 7.89. The first kappa shape index (κ1) is 16.7. The molecule has 8 heteroatoms. The number of ether oxygens (including phenoxy) is 2. The van der Waals surface area contributed by atoms with Gasteiger partial charge in [0, 0.05) is 18.7 Å². The molecule has 0 unspecified atom stereocenters. The van der Waals surface area contributed by atoms with Crippen LogP contribution in [0.25, 0.3) is 0 Å². The quantitative estimate of drug-likeness (QED) is 0.766. The second-order valence-electron chi connectivity index (χ2n) is 5.03. The molecule has 1 aliphatic heterocycles. The van der Waals surface area contributed by atoms with Crippen LogP contribution in [0, 0.1) is 0 Å². The van der Waals surface area contributed by atoms with Gasteiger partial charge in [0.05, 0.1) is 24.5 Å². The second-order valence-corrected chi connectivity index (χ2v) is 6.80. The molecule has 0 aliphatic carbocycles. The van der Waals surface area contributed by atoms with Crippen LogP contribution in [-0.2, 0) is 26.0 Å². The van der Waals surface area contributed by atoms with E-state index in [2.05, 4.69) is 4.72 Å². The Kier molecular flexibility index (Phi) is 5.38. The molecule has 2 N–H and O–H groups in total. The van der Waals surface area contributed by atoms with Crippen LogP contribution < -0.4 is 9.46 Å². The van der Waals surface area contributed by atoms with Crippen LogP contribution in [0.5, 0.6) is 5.75 Å². The Balaban J connectivity index is 2.16. The minimum Gasteiger partial charge on any atom is -0.496 e. The van der Waals surface area contributed by atoms with Crippen LogP contribution in [0.3, 0.4) is 0 Å². The molecule has 0 amide bonds. The minimum atomic E-state index is -3.71. The Morgan fingerprint density at radius 3 is 2.86 bits per heavy atom. The summed E-state index contributed by atoms with van der Waals surface area (Å²) in [5.41, 5.74) is 0.315. The van der Waals surface area contributed by atoms with Gasteiger partial charge in [-0.15, -0.1) is 0 Å². The molecule has 0 bridgehead atoms. The van der Waals surface area contributed by atoms with Crippen LogP contribution >= 0.6 is 0 Å². The van der Waals surface area contributed by atoms with E-state index in [1.165, 1.54) is 25.3 Å². The highest BCUT2D eigenvalue weighted by Crippen LogP contribution is 2.23. The van der Waals surface area contributed by atoms with Gasteiger partial charge < -0.3 is 14.6 Å². The van der Waals surface area contributed by atoms with Crippen molar-refractivity contribution < 1.29 is 27.8 Å². The lowest BCUT2D eigenvalue weighted by molar-refractivity contribution is -0.136. The number of aliphatic carboxylic acids is 1. The van der Waals surface area contributed by atoms with E-state index in [1.807, 2.05) is 0 Å². The fraction of sp³-hybridized carbons (Fsp3) is 0.500. The first-order valence-corrected chi connectivity index (χ1v) is 8.40. The summed E-state index contributed by atoms with van der Waals surface area (Å²) in [4.78, 5) is 10.9. The van der Waals surface area contributed by atoms with Gasteiger partial charge in [0.15, 0.2) is 0 Å². The maximum atomic E-state index is 12.3. The number of benzene rings is 1. The highest BCUT2D eigenvalue weighted by Gasteiger charge is 2.21. The number of hydrogen-bond donors (Lipinski definition) is 2. The third-order valence-electron chi connectivity index (χ3n) is 3.43. The predicted molar refractivity (Wildman–Crippen MR) is 78.5 cm³/mol. The van der Waals surface area contributed by atoms with Gasteiger partial charge in [-0.3, -0.25) is 4.79 Å². The van der Waals surface area contributed by atoms with Crippen molar-refractivity contribution in [3.63, 3.8) is 0 Å². The van der Waals surface area contributed by atoms with E-state index in [1.54, 1.807) is 0 Å². The van der Waals surface area contributed by atoms with Crippen LogP contribution in [-0.4, -0.2) is 45.9 Å². The first-order valence-electron chi connectivity index (χ1n) is 6.92. The fourth-order valence-electron chi connectivity index (χ4n) is 2.31. The number of hydrogen-bond acceptors (Lipinski definition) is 5. The van der Waals surface area contributed by atoms with Crippen molar-refractivity contribution in [1.29, 1.82) is 0 Å². The number of methoxy groups -OCH3 is 1. The molecule has 2 rings (SSSR count). The number of rotatable bonds is 7. The van der Waals surface area contributed by atoms with E-state index in [0.717, 1.165) is 12.8 Å². The SMILES string of the molecule is COc1ccc(S(=O)(=O)NC[C@H]2CCCO2)cc1CC(=O)O. The van der Waals surface area contributed by atoms with Crippen molar-refractivity contribution in [3.05, 3.63) is 23.8 Å². The number of nitrogens with one attached hydrogen (secondary N) is 1. The predicted octanol–water partition coefficient (Wildman–Crippen LogP) is 0.780. The van der Waals surface area contributed by atoms with Crippen molar-refractivity contribution >= 4 is 16.0 Å². The number of carboxylic acids is 1. The largest absolute Gasteiger partial charge is 0.496 e. The van der Waals surface area contributed by atoms with Crippen LogP contribution in [0.15, 0.2) is 23.1 Å². The van der Waals surface area contributed by atoms with Gasteiger partial charge >= 0.3 is 5.97 Å². The molecule has 1 aromatic carbocycles. The summed E-state index contributed by atoms with van der Waals surface area (Å²) in [6.07, 6.45) is 1.34. The molecule has 1 aliphatic rings. The molecule has 1 atom stereocenters. The lowest BCUT2D eigenvalue weighted by Crippen LogP contribution is -2.31. The average molecular weight is 329 g/mol. The van der Waals surface area contributed by atoms with Crippen LogP contribution in [0.2, 0.25) is 0 Å². The molecule has 0 spiro atoms. The normalized spacial score (nSPS) is 18.3. The van der Waals surface area contributed by atoms with E-state index in [9.17, 15) is 13.2 Å². The Hall–Kier alpha value is -1.64. The second kappa shape index (κ2) is 7.08. The monoisotopic (exact) mass is 329 g/mol. The zero-order chi connectivity index (χ0) is 16.2. The fourth-order valence-corrected chi connectivity index (χ4v) is 3.43. The maximum absolute atomic E-state index is 12.3. The highest BCUT2D eigenvalue weighted by atomic mass is 32.2. The van der Waals surface area contributed by atoms with Crippen molar-refractivity contribution in [1.82, 2.24) is 4.72 Å². The van der Waals surface area contributed by atoms with Gasteiger partial charge in [0.25, 0.3) is 0 Å². The smallest absolute Gasteiger partial charge is 0.307 e. The summed E-state index contributed by atoms with van der Waals surface area (Å²) in [6, 6.07) is 4.17. The van der Waals surface area contributed by atoms with Gasteiger partial charge in [-0.05, 0) is 31.0 Å². The Morgan fingerprint density at radius 2 is 2.27 bits per heavy atom. The molecule has 22 heavy (non-hydrogen) atoms. The third-order valence-corrected chi connectivity index (χ3v) is 4.85. The Labute approximate surface area is 129 Å². The topological polar surface area (TPSA) is 102 Å². The van der Waals surface area contributed by atoms with Gasteiger partial charge in [0.1, 0.15) is 5.75 Å². The maximum Gasteiger partial charge on any atom is 0.307 e. The molecule has 122 valence electrons. The number of carboxylic acid groups (broad SMARTS) is 1. The summed E-state index contributed by atoms with van der Waals surface area (Å²) >= 11 is 0. The van der Waals surface area contributed by atoms with Gasteiger partial charge in [0.2, 0.25) is 10.0 Å². The van der Waals surface area contributed by atoms with E-state index in [0.29, 0.717) is 17.9 Å². The van der Waals surface area contributed by atoms with Crippen molar-refractivity contribution in [3.8, 4) is 5.75 Å². The standard InChI is InChI=1S/C14H19NO6S/c1-20-13-5-4-12(7-10(13)8-14(16)17)22(18,19)15-9-11-3-2-6-21-11/h4-5,7,11,15H,2-3,6,8-9H2,1H3,(H,16,17)/t11-/m1/s1. The van der Waals surface area contributed by atoms with Crippen molar-refractivity contribution in [2.45, 2.75) is 30.3 Å². The molecule has 7 nitrogen and oxygen atoms in total. The Bertz CT molecular complexity index is 637. The zero-order valence-corrected chi connectivity index (χ0v) is 13.1. The molecular formula is C14H19NO6S. The van der Waals surface area contributed by atoms with E-state index < -0.39 is 16.0 Å². The van der Waals surface area contributed by atoms with Crippen LogP contribution in [0.1, 0.15) is 18.4 Å². The molecule has 0 radical (unpaired) electrons. The first-order chi connectivity index (χ1) is 10.4. The lowest BCUT2D eigenvalue weighted by atomic mass is 10.1. The summed E-state index contributed by atoms with van der Waals surface area (Å²) in [5.74, 6) is -0.708. The van der Waals surface area contributed by atoms with Gasteiger partial charge in [-0.25, -0.2) is 13.1 Å². The molecular weight excluding hydrogens is 310 g/mol. The van der Waals surface area contributed by atoms with E-state index >= 15 is 0 Å². The summed E-state index contributed by atoms with van der Waals surface area (Å²) in [6.45, 7) is 0.861. The van der Waals surface area contributed by atoms with E-state index in [-0.39, 0.29) is 24.0 Å². The number of sulfonamides is 1. The molecule has 1 heterocycles. The van der Waals surface area contributed by atoms with Crippen LogP contribution in [0.4, 0.5) is 0 Å². The van der Waals surface area contributed by atoms with Gasteiger partial charge in [-0.2, -0.15) is 0 Å². The lowest BCUT2D eigenvalue weighted by Gasteiger charge is -2.13. The third kappa shape index (κ3) is 4.19. The average Bonchev–Trinajstić information content (AvgIpc) is 2.98. The summed E-state index contributed by atoms with van der Waals surface area (Å²) < 4.78 is 37.5. The zero-order valence-electron chi connectivity index (χ0n) is 12.2. The van der Waals surface area contributed by atoms with Gasteiger partial charge in [-0.1, -0.05) is 0 Å². The molecule has 0 saturated carbocycles. The molecule has 1 aromatic rings. The number of carbonyl (C=O) groups is 1. The Morgan fingerprint density at radius 1 is 1.50 bits per heavy atom. The summed E-state index contributed by atoms with van der Waals surface area (Å²) in [7, 11) is -2.30. The molecule has 0 aromatic heterocycles. The van der Waals surface area contributed by atoms with Crippen molar-refractivity contribution in [2.75, 3.05) is 20.3 Å².